The molecular weight excluding hydrogens is 308 g/mol. The topological polar surface area (TPSA) is 87.5 Å². The number of nitrogens with one attached hydrogen (secondary N) is 1. The zero-order valence-corrected chi connectivity index (χ0v) is 14.4. The molecule has 1 aromatic heterocycles. The van der Waals surface area contributed by atoms with Crippen molar-refractivity contribution in [3.8, 4) is 0 Å². The van der Waals surface area contributed by atoms with Gasteiger partial charge in [-0.2, -0.15) is 5.10 Å². The summed E-state index contributed by atoms with van der Waals surface area (Å²) in [4.78, 5) is 25.0. The highest BCUT2D eigenvalue weighted by atomic mass is 16.4. The van der Waals surface area contributed by atoms with Crippen LogP contribution in [-0.4, -0.2) is 51.9 Å². The molecule has 24 heavy (non-hydrogen) atoms. The van der Waals surface area contributed by atoms with Gasteiger partial charge >= 0.3 is 12.0 Å². The van der Waals surface area contributed by atoms with Gasteiger partial charge in [-0.25, -0.2) is 9.59 Å². The second-order valence-corrected chi connectivity index (χ2v) is 7.10. The lowest BCUT2D eigenvalue weighted by Crippen LogP contribution is -2.44. The number of amides is 2. The van der Waals surface area contributed by atoms with E-state index in [1.165, 1.54) is 24.2 Å². The maximum atomic E-state index is 11.9. The minimum Gasteiger partial charge on any atom is -0.476 e. The number of hydrogen-bond acceptors (Lipinski definition) is 3. The number of aromatic nitrogens is 2. The predicted molar refractivity (Wildman–Crippen MR) is 89.3 cm³/mol. The Labute approximate surface area is 142 Å². The van der Waals surface area contributed by atoms with Crippen LogP contribution in [0.5, 0.6) is 0 Å². The molecule has 7 nitrogen and oxygen atoms in total. The number of carbonyl (C=O) groups is 2. The minimum absolute atomic E-state index is 0.0329. The Morgan fingerprint density at radius 1 is 1.21 bits per heavy atom. The fraction of sp³-hybridized carbons (Fsp3) is 0.706. The summed E-state index contributed by atoms with van der Waals surface area (Å²) in [6.45, 7) is 0. The van der Waals surface area contributed by atoms with Gasteiger partial charge < -0.3 is 15.3 Å². The number of aromatic carboxylic acids is 1. The molecule has 2 amide bonds. The Bertz CT molecular complexity index is 632. The van der Waals surface area contributed by atoms with E-state index < -0.39 is 5.97 Å². The average molecular weight is 334 g/mol. The summed E-state index contributed by atoms with van der Waals surface area (Å²) < 4.78 is 1.99. The lowest BCUT2D eigenvalue weighted by Gasteiger charge is -2.28. The number of rotatable bonds is 3. The summed E-state index contributed by atoms with van der Waals surface area (Å²) in [5, 5.41) is 17.0. The number of hydrogen-bond donors (Lipinski definition) is 2. The lowest BCUT2D eigenvalue weighted by molar-refractivity contribution is 0.0687. The molecule has 1 fully saturated rings. The highest BCUT2D eigenvalue weighted by molar-refractivity contribution is 5.87. The zero-order chi connectivity index (χ0) is 17.3. The van der Waals surface area contributed by atoms with Crippen LogP contribution in [0.3, 0.4) is 0 Å². The Hall–Kier alpha value is -2.05. The van der Waals surface area contributed by atoms with Gasteiger partial charge in [0.1, 0.15) is 0 Å². The SMILES string of the molecule is CN(C)C(=O)NC1CCc2c(c(C(=O)O)nn2C2CCCCC2)C1. The molecule has 0 saturated heterocycles. The summed E-state index contributed by atoms with van der Waals surface area (Å²) in [7, 11) is 3.40. The van der Waals surface area contributed by atoms with E-state index in [2.05, 4.69) is 10.4 Å². The third-order valence-corrected chi connectivity index (χ3v) is 5.16. The molecule has 3 rings (SSSR count). The van der Waals surface area contributed by atoms with Crippen molar-refractivity contribution in [2.75, 3.05) is 14.1 Å². The van der Waals surface area contributed by atoms with Crippen molar-refractivity contribution in [2.45, 2.75) is 63.5 Å². The van der Waals surface area contributed by atoms with Crippen LogP contribution in [0, 0.1) is 0 Å². The highest BCUT2D eigenvalue weighted by Gasteiger charge is 2.32. The average Bonchev–Trinajstić information content (AvgIpc) is 2.94. The van der Waals surface area contributed by atoms with Crippen LogP contribution >= 0.6 is 0 Å². The third-order valence-electron chi connectivity index (χ3n) is 5.16. The Kier molecular flexibility index (Phi) is 4.78. The summed E-state index contributed by atoms with van der Waals surface area (Å²) >= 11 is 0. The normalized spacial score (nSPS) is 21.2. The fourth-order valence-corrected chi connectivity index (χ4v) is 3.87. The minimum atomic E-state index is -0.972. The molecular formula is C17H26N4O3. The summed E-state index contributed by atoms with van der Waals surface area (Å²) in [5.74, 6) is -0.972. The van der Waals surface area contributed by atoms with E-state index in [9.17, 15) is 14.7 Å². The molecule has 1 saturated carbocycles. The summed E-state index contributed by atoms with van der Waals surface area (Å²) in [5.41, 5.74) is 2.04. The lowest BCUT2D eigenvalue weighted by atomic mass is 9.90. The van der Waals surface area contributed by atoms with Crippen LogP contribution in [0.2, 0.25) is 0 Å². The molecule has 2 N–H and O–H groups in total. The molecule has 7 heteroatoms. The van der Waals surface area contributed by atoms with Crippen LogP contribution in [0.1, 0.15) is 66.3 Å². The van der Waals surface area contributed by atoms with Crippen molar-refractivity contribution in [1.82, 2.24) is 20.0 Å². The molecule has 2 aliphatic rings. The standard InChI is InChI=1S/C17H26N4O3/c1-20(2)17(24)18-11-8-9-14-13(10-11)15(16(22)23)19-21(14)12-6-4-3-5-7-12/h11-12H,3-10H2,1-2H3,(H,18,24)(H,22,23). The zero-order valence-electron chi connectivity index (χ0n) is 14.4. The quantitative estimate of drug-likeness (QED) is 0.887. The number of nitrogens with zero attached hydrogens (tertiary/aromatic N) is 3. The molecule has 1 atom stereocenters. The van der Waals surface area contributed by atoms with E-state index >= 15 is 0 Å². The molecule has 2 aliphatic carbocycles. The first kappa shape index (κ1) is 16.8. The van der Waals surface area contributed by atoms with Gasteiger partial charge in [-0.05, 0) is 32.1 Å². The van der Waals surface area contributed by atoms with Gasteiger partial charge in [-0.15, -0.1) is 0 Å². The van der Waals surface area contributed by atoms with Gasteiger partial charge in [0.25, 0.3) is 0 Å². The van der Waals surface area contributed by atoms with Crippen molar-refractivity contribution in [1.29, 1.82) is 0 Å². The summed E-state index contributed by atoms with van der Waals surface area (Å²) in [6.07, 6.45) is 7.91. The molecule has 132 valence electrons. The first-order valence-electron chi connectivity index (χ1n) is 8.78. The second kappa shape index (κ2) is 6.83. The third kappa shape index (κ3) is 3.25. The molecule has 0 aromatic carbocycles. The van der Waals surface area contributed by atoms with Gasteiger partial charge in [0.05, 0.1) is 6.04 Å². The number of fused-ring (bicyclic) bond motifs is 1. The van der Waals surface area contributed by atoms with Crippen LogP contribution in [0.4, 0.5) is 4.79 Å². The van der Waals surface area contributed by atoms with Gasteiger partial charge in [0, 0.05) is 31.4 Å². The van der Waals surface area contributed by atoms with Crippen molar-refractivity contribution >= 4 is 12.0 Å². The van der Waals surface area contributed by atoms with Gasteiger partial charge in [0.15, 0.2) is 5.69 Å². The molecule has 0 bridgehead atoms. The van der Waals surface area contributed by atoms with Crippen molar-refractivity contribution in [3.63, 3.8) is 0 Å². The van der Waals surface area contributed by atoms with E-state index in [-0.39, 0.29) is 17.8 Å². The smallest absolute Gasteiger partial charge is 0.356 e. The van der Waals surface area contributed by atoms with Crippen LogP contribution in [-0.2, 0) is 12.8 Å². The van der Waals surface area contributed by atoms with Gasteiger partial charge in [-0.1, -0.05) is 19.3 Å². The van der Waals surface area contributed by atoms with E-state index in [4.69, 9.17) is 0 Å². The van der Waals surface area contributed by atoms with Crippen LogP contribution in [0.15, 0.2) is 0 Å². The maximum absolute atomic E-state index is 11.9. The second-order valence-electron chi connectivity index (χ2n) is 7.10. The van der Waals surface area contributed by atoms with Crippen LogP contribution < -0.4 is 5.32 Å². The molecule has 1 aromatic rings. The summed E-state index contributed by atoms with van der Waals surface area (Å²) in [6, 6.07) is 0.156. The number of carboxylic acid groups (broad SMARTS) is 1. The number of urea groups is 1. The fourth-order valence-electron chi connectivity index (χ4n) is 3.87. The molecule has 0 radical (unpaired) electrons. The predicted octanol–water partition coefficient (Wildman–Crippen LogP) is 2.21. The maximum Gasteiger partial charge on any atom is 0.356 e. The largest absolute Gasteiger partial charge is 0.476 e. The Morgan fingerprint density at radius 2 is 1.92 bits per heavy atom. The monoisotopic (exact) mass is 334 g/mol. The van der Waals surface area contributed by atoms with Crippen molar-refractivity contribution < 1.29 is 14.7 Å². The number of carboxylic acids is 1. The Balaban J connectivity index is 1.85. The van der Waals surface area contributed by atoms with E-state index in [1.807, 2.05) is 4.68 Å². The molecule has 1 heterocycles. The molecule has 0 spiro atoms. The van der Waals surface area contributed by atoms with E-state index in [0.29, 0.717) is 12.5 Å². The van der Waals surface area contributed by atoms with Gasteiger partial charge in [-0.3, -0.25) is 4.68 Å². The number of carbonyl (C=O) groups excluding carboxylic acids is 1. The Morgan fingerprint density at radius 3 is 2.54 bits per heavy atom. The van der Waals surface area contributed by atoms with Crippen LogP contribution in [0.25, 0.3) is 0 Å². The molecule has 0 aliphatic heterocycles. The van der Waals surface area contributed by atoms with Gasteiger partial charge in [0.2, 0.25) is 0 Å². The molecule has 1 unspecified atom stereocenters. The van der Waals surface area contributed by atoms with Crippen molar-refractivity contribution in [3.05, 3.63) is 17.0 Å². The first-order chi connectivity index (χ1) is 11.5. The van der Waals surface area contributed by atoms with E-state index in [1.54, 1.807) is 14.1 Å². The highest BCUT2D eigenvalue weighted by Crippen LogP contribution is 2.33. The van der Waals surface area contributed by atoms with Crippen molar-refractivity contribution in [2.24, 2.45) is 0 Å². The first-order valence-corrected chi connectivity index (χ1v) is 8.78. The van der Waals surface area contributed by atoms with E-state index in [0.717, 1.165) is 36.9 Å².